The molecule has 0 saturated heterocycles. The highest BCUT2D eigenvalue weighted by atomic mass is 16.5. The first-order valence-corrected chi connectivity index (χ1v) is 12.7. The van der Waals surface area contributed by atoms with E-state index in [4.69, 9.17) is 9.47 Å². The van der Waals surface area contributed by atoms with E-state index in [0.717, 1.165) is 25.7 Å². The topological polar surface area (TPSA) is 100 Å². The van der Waals surface area contributed by atoms with Crippen molar-refractivity contribution in [1.29, 1.82) is 0 Å². The third kappa shape index (κ3) is 6.87. The molecule has 1 aromatic carbocycles. The molecule has 1 fully saturated rings. The highest BCUT2D eigenvalue weighted by molar-refractivity contribution is 5.99. The minimum Gasteiger partial charge on any atom is -0.491 e. The number of nitrogens with zero attached hydrogens (tertiary/aromatic N) is 2. The van der Waals surface area contributed by atoms with Crippen molar-refractivity contribution in [1.82, 2.24) is 15.1 Å². The van der Waals surface area contributed by atoms with Gasteiger partial charge in [-0.25, -0.2) is 4.79 Å². The number of urea groups is 1. The van der Waals surface area contributed by atoms with Crippen LogP contribution in [-0.2, 0) is 9.53 Å². The molecule has 0 radical (unpaired) electrons. The zero-order valence-electron chi connectivity index (χ0n) is 21.6. The molecule has 1 aliphatic heterocycles. The Balaban J connectivity index is 1.87. The number of fused-ring (bicyclic) bond motifs is 1. The number of carbonyl (C=O) groups excluding carboxylic acids is 3. The van der Waals surface area contributed by atoms with Gasteiger partial charge in [-0.3, -0.25) is 9.59 Å². The molecule has 3 rings (SSSR count). The van der Waals surface area contributed by atoms with E-state index in [1.165, 1.54) is 0 Å². The summed E-state index contributed by atoms with van der Waals surface area (Å²) >= 11 is 0. The zero-order valence-corrected chi connectivity index (χ0v) is 21.6. The van der Waals surface area contributed by atoms with Gasteiger partial charge >= 0.3 is 6.03 Å². The maximum Gasteiger partial charge on any atom is 0.319 e. The van der Waals surface area contributed by atoms with E-state index in [1.54, 1.807) is 37.3 Å². The molecular weight excluding hydrogens is 448 g/mol. The van der Waals surface area contributed by atoms with Gasteiger partial charge in [0.05, 0.1) is 17.7 Å². The Kier molecular flexibility index (Phi) is 9.37. The molecule has 1 saturated carbocycles. The molecule has 0 aromatic heterocycles. The van der Waals surface area contributed by atoms with Crippen LogP contribution in [0, 0.1) is 5.92 Å². The number of hydrogen-bond donors (Lipinski definition) is 2. The summed E-state index contributed by atoms with van der Waals surface area (Å²) in [4.78, 5) is 42.0. The maximum atomic E-state index is 13.4. The molecule has 35 heavy (non-hydrogen) atoms. The third-order valence-electron chi connectivity index (χ3n) is 7.02. The van der Waals surface area contributed by atoms with E-state index in [2.05, 4.69) is 10.6 Å². The van der Waals surface area contributed by atoms with Crippen LogP contribution in [0.15, 0.2) is 18.2 Å². The van der Waals surface area contributed by atoms with Crippen LogP contribution in [0.4, 0.5) is 10.5 Å². The fourth-order valence-corrected chi connectivity index (χ4v) is 4.83. The predicted octanol–water partition coefficient (Wildman–Crippen LogP) is 3.49. The van der Waals surface area contributed by atoms with Crippen LogP contribution in [-0.4, -0.2) is 79.7 Å². The van der Waals surface area contributed by atoms with Crippen molar-refractivity contribution in [3.8, 4) is 5.75 Å². The van der Waals surface area contributed by atoms with Crippen molar-refractivity contribution >= 4 is 23.5 Å². The SMILES string of the molecule is CCC(=O)N1C[C@H](C)[C@H](OC)CN(C)C(=O)c2cc(NC(=O)NC3CCCC3)ccc2OC[C@@H]1C. The minimum absolute atomic E-state index is 0.0133. The Labute approximate surface area is 208 Å². The van der Waals surface area contributed by atoms with Crippen LogP contribution in [0.25, 0.3) is 0 Å². The van der Waals surface area contributed by atoms with E-state index >= 15 is 0 Å². The molecule has 0 bridgehead atoms. The highest BCUT2D eigenvalue weighted by Crippen LogP contribution is 2.27. The van der Waals surface area contributed by atoms with Crippen molar-refractivity contribution in [3.63, 3.8) is 0 Å². The first-order valence-electron chi connectivity index (χ1n) is 12.7. The molecule has 1 aromatic rings. The Morgan fingerprint density at radius 2 is 1.89 bits per heavy atom. The van der Waals surface area contributed by atoms with E-state index in [0.29, 0.717) is 36.5 Å². The number of amides is 4. The van der Waals surface area contributed by atoms with Gasteiger partial charge in [-0.15, -0.1) is 0 Å². The third-order valence-corrected chi connectivity index (χ3v) is 7.02. The monoisotopic (exact) mass is 488 g/mol. The summed E-state index contributed by atoms with van der Waals surface area (Å²) in [5.74, 6) is 0.266. The Bertz CT molecular complexity index is 902. The molecule has 2 aliphatic rings. The Morgan fingerprint density at radius 3 is 2.54 bits per heavy atom. The van der Waals surface area contributed by atoms with Gasteiger partial charge in [-0.2, -0.15) is 0 Å². The molecule has 3 atom stereocenters. The summed E-state index contributed by atoms with van der Waals surface area (Å²) in [6, 6.07) is 4.82. The second kappa shape index (κ2) is 12.2. The lowest BCUT2D eigenvalue weighted by Gasteiger charge is -2.36. The second-order valence-corrected chi connectivity index (χ2v) is 9.79. The van der Waals surface area contributed by atoms with E-state index in [1.807, 2.05) is 25.7 Å². The summed E-state index contributed by atoms with van der Waals surface area (Å²) in [5, 5.41) is 5.85. The van der Waals surface area contributed by atoms with Gasteiger partial charge in [0.1, 0.15) is 12.4 Å². The van der Waals surface area contributed by atoms with Crippen molar-refractivity contribution in [3.05, 3.63) is 23.8 Å². The summed E-state index contributed by atoms with van der Waals surface area (Å²) in [6.07, 6.45) is 4.39. The summed E-state index contributed by atoms with van der Waals surface area (Å²) < 4.78 is 11.8. The fraction of sp³-hybridized carbons (Fsp3) is 0.654. The van der Waals surface area contributed by atoms with Crippen LogP contribution < -0.4 is 15.4 Å². The molecule has 0 spiro atoms. The van der Waals surface area contributed by atoms with Crippen molar-refractivity contribution < 1.29 is 23.9 Å². The number of carbonyl (C=O) groups is 3. The van der Waals surface area contributed by atoms with Crippen molar-refractivity contribution in [2.75, 3.05) is 39.2 Å². The number of methoxy groups -OCH3 is 1. The molecule has 4 amide bonds. The highest BCUT2D eigenvalue weighted by Gasteiger charge is 2.30. The number of anilines is 1. The number of ether oxygens (including phenoxy) is 2. The normalized spacial score (nSPS) is 24.1. The number of nitrogens with one attached hydrogen (secondary N) is 2. The molecular formula is C26H40N4O5. The van der Waals surface area contributed by atoms with Gasteiger partial charge < -0.3 is 29.9 Å². The minimum atomic E-state index is -0.276. The van der Waals surface area contributed by atoms with E-state index in [9.17, 15) is 14.4 Å². The van der Waals surface area contributed by atoms with Gasteiger partial charge in [0.2, 0.25) is 5.91 Å². The van der Waals surface area contributed by atoms with Crippen LogP contribution >= 0.6 is 0 Å². The molecule has 1 aliphatic carbocycles. The van der Waals surface area contributed by atoms with Crippen LogP contribution in [0.1, 0.15) is 63.2 Å². The number of rotatable bonds is 4. The smallest absolute Gasteiger partial charge is 0.319 e. The molecule has 1 heterocycles. The van der Waals surface area contributed by atoms with Gasteiger partial charge in [0, 0.05) is 51.3 Å². The first-order chi connectivity index (χ1) is 16.7. The van der Waals surface area contributed by atoms with Crippen LogP contribution in [0.3, 0.4) is 0 Å². The molecule has 9 nitrogen and oxygen atoms in total. The van der Waals surface area contributed by atoms with Crippen molar-refractivity contribution in [2.24, 2.45) is 5.92 Å². The quantitative estimate of drug-likeness (QED) is 0.676. The van der Waals surface area contributed by atoms with Gasteiger partial charge in [0.25, 0.3) is 5.91 Å². The average molecular weight is 489 g/mol. The van der Waals surface area contributed by atoms with Crippen LogP contribution in [0.2, 0.25) is 0 Å². The summed E-state index contributed by atoms with van der Waals surface area (Å²) in [5.41, 5.74) is 0.874. The largest absolute Gasteiger partial charge is 0.491 e. The van der Waals surface area contributed by atoms with Crippen molar-refractivity contribution in [2.45, 2.75) is 71.1 Å². The van der Waals surface area contributed by atoms with E-state index < -0.39 is 0 Å². The lowest BCUT2D eigenvalue weighted by molar-refractivity contribution is -0.135. The van der Waals surface area contributed by atoms with Crippen LogP contribution in [0.5, 0.6) is 5.75 Å². The standard InChI is InChI=1S/C26H40N4O5/c1-6-24(31)30-14-17(2)23(34-5)15-29(4)25(32)21-13-20(11-12-22(21)35-16-18(30)3)28-26(33)27-19-9-7-8-10-19/h11-13,17-19,23H,6-10,14-16H2,1-5H3,(H2,27,28,33)/t17-,18-,23+/m0/s1. The lowest BCUT2D eigenvalue weighted by atomic mass is 10.0. The predicted molar refractivity (Wildman–Crippen MR) is 135 cm³/mol. The molecule has 0 unspecified atom stereocenters. The molecule has 194 valence electrons. The summed E-state index contributed by atoms with van der Waals surface area (Å²) in [6.45, 7) is 6.95. The molecule has 9 heteroatoms. The number of benzene rings is 1. The average Bonchev–Trinajstić information content (AvgIpc) is 3.35. The van der Waals surface area contributed by atoms with Gasteiger partial charge in [0.15, 0.2) is 0 Å². The lowest BCUT2D eigenvalue weighted by Crippen LogP contribution is -2.48. The second-order valence-electron chi connectivity index (χ2n) is 9.79. The first kappa shape index (κ1) is 26.8. The Hall–Kier alpha value is -2.81. The van der Waals surface area contributed by atoms with Gasteiger partial charge in [-0.1, -0.05) is 26.7 Å². The maximum absolute atomic E-state index is 13.4. The zero-order chi connectivity index (χ0) is 25.5. The fourth-order valence-electron chi connectivity index (χ4n) is 4.83. The number of likely N-dealkylation sites (N-methyl/N-ethyl adjacent to an activating group) is 1. The van der Waals surface area contributed by atoms with Gasteiger partial charge in [-0.05, 0) is 38.0 Å². The number of hydrogen-bond acceptors (Lipinski definition) is 5. The summed E-state index contributed by atoms with van der Waals surface area (Å²) in [7, 11) is 3.35. The van der Waals surface area contributed by atoms with E-state index in [-0.39, 0.29) is 48.6 Å². The molecule has 2 N–H and O–H groups in total. The Morgan fingerprint density at radius 1 is 1.17 bits per heavy atom.